The van der Waals surface area contributed by atoms with E-state index in [1.807, 2.05) is 159 Å². The molecule has 0 amide bonds. The van der Waals surface area contributed by atoms with Crippen molar-refractivity contribution < 1.29 is 57.0 Å². The van der Waals surface area contributed by atoms with E-state index in [1.54, 1.807) is 6.08 Å². The number of ether oxygens (including phenoxy) is 10. The smallest absolute Gasteiger partial charge is 0.338 e. The quantitative estimate of drug-likeness (QED) is 0.0433. The van der Waals surface area contributed by atoms with E-state index in [2.05, 4.69) is 6.58 Å². The van der Waals surface area contributed by atoms with Gasteiger partial charge in [0, 0.05) is 6.92 Å². The molecular weight excluding hydrogens is 873 g/mol. The van der Waals surface area contributed by atoms with Gasteiger partial charge in [-0.3, -0.25) is 4.79 Å². The fourth-order valence-corrected chi connectivity index (χ4v) is 8.87. The zero-order chi connectivity index (χ0) is 46.6. The van der Waals surface area contributed by atoms with Crippen LogP contribution in [0.5, 0.6) is 0 Å². The molecule has 0 N–H and O–H groups in total. The number of carbonyl (C=O) groups excluding carboxylic acids is 2. The van der Waals surface area contributed by atoms with Gasteiger partial charge in [-0.25, -0.2) is 4.79 Å². The van der Waals surface area contributed by atoms with E-state index in [9.17, 15) is 9.59 Å². The second kappa shape index (κ2) is 26.4. The SMILES string of the molecule is C=CCO[C@@H]1[C@H](O[C@@H]2O[C@H](C(=O)OCc3ccccc3)[C@@H](OCc3ccccc3)[C@H](OCc3ccccc3)[C@H]2OCc2ccccc2)[C@@H](SCC)O[C@H](COC(C)=O)[C@H]1OCc1ccccc1. The van der Waals surface area contributed by atoms with Gasteiger partial charge in [0.25, 0.3) is 0 Å². The summed E-state index contributed by atoms with van der Waals surface area (Å²) in [4.78, 5) is 26.9. The zero-order valence-corrected chi connectivity index (χ0v) is 38.8. The molecule has 2 fully saturated rings. The van der Waals surface area contributed by atoms with Gasteiger partial charge in [0.1, 0.15) is 61.4 Å². The van der Waals surface area contributed by atoms with Crippen LogP contribution in [-0.2, 0) is 90.0 Å². The van der Waals surface area contributed by atoms with Crippen molar-refractivity contribution in [1.29, 1.82) is 0 Å². The Bertz CT molecular complexity index is 2200. The molecular formula is C54H60O12S. The number of hydrogen-bond donors (Lipinski definition) is 0. The maximum absolute atomic E-state index is 14.6. The highest BCUT2D eigenvalue weighted by Gasteiger charge is 2.56. The predicted octanol–water partition coefficient (Wildman–Crippen LogP) is 8.79. The first kappa shape index (κ1) is 49.7. The summed E-state index contributed by atoms with van der Waals surface area (Å²) >= 11 is 1.49. The van der Waals surface area contributed by atoms with Crippen LogP contribution >= 0.6 is 11.8 Å². The molecule has 5 aromatic rings. The summed E-state index contributed by atoms with van der Waals surface area (Å²) in [5.74, 6) is -0.507. The Balaban J connectivity index is 1.30. The number of carbonyl (C=O) groups is 2. The van der Waals surface area contributed by atoms with Crippen LogP contribution in [-0.4, -0.2) is 91.5 Å². The minimum Gasteiger partial charge on any atom is -0.463 e. The molecule has 2 aliphatic heterocycles. The van der Waals surface area contributed by atoms with Crippen molar-refractivity contribution in [3.63, 3.8) is 0 Å². The normalized spacial score (nSPS) is 24.9. The summed E-state index contributed by atoms with van der Waals surface area (Å²) in [7, 11) is 0. The fraction of sp³-hybridized carbons (Fsp3) is 0.370. The molecule has 10 atom stereocenters. The number of benzene rings is 5. The second-order valence-corrected chi connectivity index (χ2v) is 17.4. The summed E-state index contributed by atoms with van der Waals surface area (Å²) in [6.45, 7) is 7.95. The highest BCUT2D eigenvalue weighted by Crippen LogP contribution is 2.39. The Morgan fingerprint density at radius 3 is 1.43 bits per heavy atom. The van der Waals surface area contributed by atoms with Gasteiger partial charge in [0.2, 0.25) is 0 Å². The topological polar surface area (TPSA) is 126 Å². The lowest BCUT2D eigenvalue weighted by Crippen LogP contribution is -2.66. The van der Waals surface area contributed by atoms with E-state index >= 15 is 0 Å². The van der Waals surface area contributed by atoms with E-state index in [1.165, 1.54) is 18.7 Å². The lowest BCUT2D eigenvalue weighted by Gasteiger charge is -2.49. The number of esters is 2. The molecule has 0 bridgehead atoms. The predicted molar refractivity (Wildman–Crippen MR) is 253 cm³/mol. The average molecular weight is 933 g/mol. The fourth-order valence-electron chi connectivity index (χ4n) is 7.92. The molecule has 0 radical (unpaired) electrons. The average Bonchev–Trinajstić information content (AvgIpc) is 3.36. The summed E-state index contributed by atoms with van der Waals surface area (Å²) in [6.07, 6.45) is -7.32. The number of hydrogen-bond acceptors (Lipinski definition) is 13. The molecule has 67 heavy (non-hydrogen) atoms. The van der Waals surface area contributed by atoms with E-state index in [0.29, 0.717) is 5.75 Å². The molecule has 0 spiro atoms. The lowest BCUT2D eigenvalue weighted by atomic mass is 9.96. The second-order valence-electron chi connectivity index (χ2n) is 16.1. The Kier molecular flexibility index (Phi) is 19.6. The van der Waals surface area contributed by atoms with Gasteiger partial charge in [-0.2, -0.15) is 0 Å². The van der Waals surface area contributed by atoms with Gasteiger partial charge < -0.3 is 47.4 Å². The first-order valence-electron chi connectivity index (χ1n) is 22.7. The maximum Gasteiger partial charge on any atom is 0.338 e. The Morgan fingerprint density at radius 2 is 0.970 bits per heavy atom. The minimum atomic E-state index is -1.36. The van der Waals surface area contributed by atoms with Crippen LogP contribution in [0.4, 0.5) is 0 Å². The molecule has 0 saturated carbocycles. The van der Waals surface area contributed by atoms with Crippen molar-refractivity contribution in [2.45, 2.75) is 107 Å². The molecule has 0 aromatic heterocycles. The summed E-state index contributed by atoms with van der Waals surface area (Å²) < 4.78 is 66.4. The van der Waals surface area contributed by atoms with Crippen molar-refractivity contribution in [1.82, 2.24) is 0 Å². The van der Waals surface area contributed by atoms with E-state index < -0.39 is 72.5 Å². The molecule has 2 heterocycles. The van der Waals surface area contributed by atoms with Crippen molar-refractivity contribution in [2.75, 3.05) is 19.0 Å². The molecule has 12 nitrogen and oxygen atoms in total. The third kappa shape index (κ3) is 14.7. The first-order valence-corrected chi connectivity index (χ1v) is 23.7. The van der Waals surface area contributed by atoms with E-state index in [0.717, 1.165) is 27.8 Å². The highest BCUT2D eigenvalue weighted by atomic mass is 32.2. The van der Waals surface area contributed by atoms with Crippen LogP contribution in [0.2, 0.25) is 0 Å². The molecule has 2 saturated heterocycles. The van der Waals surface area contributed by atoms with Gasteiger partial charge in [0.05, 0.1) is 33.0 Å². The van der Waals surface area contributed by atoms with Crippen LogP contribution in [0.25, 0.3) is 0 Å². The molecule has 5 aromatic carbocycles. The van der Waals surface area contributed by atoms with Crippen LogP contribution in [0, 0.1) is 0 Å². The monoisotopic (exact) mass is 932 g/mol. The summed E-state index contributed by atoms with van der Waals surface area (Å²) in [5, 5.41) is 0. The largest absolute Gasteiger partial charge is 0.463 e. The van der Waals surface area contributed by atoms with Gasteiger partial charge in [0.15, 0.2) is 12.4 Å². The third-order valence-corrected chi connectivity index (χ3v) is 12.2. The standard InChI is InChI=1S/C54H60O12S/c1-4-31-57-46-45(59-32-39-21-11-6-12-22-39)44(37-58-38(3)55)64-54(67-5-2)51(46)66-53-50(62-35-42-27-17-9-18-28-42)48(61-34-41-25-15-8-16-26-41)47(60-33-40-23-13-7-14-24-40)49(65-53)52(56)63-36-43-29-19-10-20-30-43/h4,6-30,44-51,53-54H,1,5,31-37H2,2-3H3/t44-,45-,46+,47+,48+,49+,50-,51+,53+,54-/m1/s1. The van der Waals surface area contributed by atoms with E-state index in [4.69, 9.17) is 47.4 Å². The molecule has 0 aliphatic carbocycles. The number of thioether (sulfide) groups is 1. The minimum absolute atomic E-state index is 0.00671. The first-order chi connectivity index (χ1) is 32.9. The van der Waals surface area contributed by atoms with Gasteiger partial charge in [-0.15, -0.1) is 18.3 Å². The van der Waals surface area contributed by atoms with Crippen LogP contribution in [0.1, 0.15) is 41.7 Å². The van der Waals surface area contributed by atoms with Crippen molar-refractivity contribution in [3.05, 3.63) is 192 Å². The van der Waals surface area contributed by atoms with Gasteiger partial charge in [-0.05, 0) is 33.6 Å². The van der Waals surface area contributed by atoms with Gasteiger partial charge in [-0.1, -0.05) is 165 Å². The molecule has 0 unspecified atom stereocenters. The van der Waals surface area contributed by atoms with Crippen LogP contribution < -0.4 is 0 Å². The third-order valence-electron chi connectivity index (χ3n) is 11.2. The Morgan fingerprint density at radius 1 is 0.537 bits per heavy atom. The van der Waals surface area contributed by atoms with Crippen molar-refractivity contribution in [3.8, 4) is 0 Å². The summed E-state index contributed by atoms with van der Waals surface area (Å²) in [6, 6.07) is 48.3. The molecule has 7 rings (SSSR count). The van der Waals surface area contributed by atoms with Crippen molar-refractivity contribution in [2.24, 2.45) is 0 Å². The number of rotatable bonds is 24. The molecule has 2 aliphatic rings. The van der Waals surface area contributed by atoms with Crippen molar-refractivity contribution >= 4 is 23.7 Å². The van der Waals surface area contributed by atoms with Crippen LogP contribution in [0.3, 0.4) is 0 Å². The summed E-state index contributed by atoms with van der Waals surface area (Å²) in [5.41, 5.74) is 3.69. The van der Waals surface area contributed by atoms with Gasteiger partial charge >= 0.3 is 11.9 Å². The zero-order valence-electron chi connectivity index (χ0n) is 38.0. The Labute approximate surface area is 397 Å². The molecule has 354 valence electrons. The van der Waals surface area contributed by atoms with E-state index in [-0.39, 0.29) is 46.2 Å². The van der Waals surface area contributed by atoms with Crippen LogP contribution in [0.15, 0.2) is 164 Å². The molecule has 13 heteroatoms. The highest BCUT2D eigenvalue weighted by molar-refractivity contribution is 7.99. The lowest BCUT2D eigenvalue weighted by molar-refractivity contribution is -0.349. The Hall–Kier alpha value is -5.19. The maximum atomic E-state index is 14.6.